The zero-order valence-electron chi connectivity index (χ0n) is 15.6. The molecule has 1 aliphatic rings. The zero-order chi connectivity index (χ0) is 18.3. The number of amides is 1. The first-order valence-corrected chi connectivity index (χ1v) is 9.12. The molecular formula is C22H25N3O. The molecule has 26 heavy (non-hydrogen) atoms. The summed E-state index contributed by atoms with van der Waals surface area (Å²) >= 11 is 0. The van der Waals surface area contributed by atoms with Gasteiger partial charge in [-0.05, 0) is 50.2 Å². The van der Waals surface area contributed by atoms with Gasteiger partial charge < -0.3 is 14.8 Å². The normalized spacial score (nSPS) is 20.2. The Hall–Kier alpha value is -2.59. The van der Waals surface area contributed by atoms with Crippen LogP contribution in [0.3, 0.4) is 0 Å². The monoisotopic (exact) mass is 347 g/mol. The number of nitrogens with zero attached hydrogens (tertiary/aromatic N) is 2. The predicted molar refractivity (Wildman–Crippen MR) is 106 cm³/mol. The minimum atomic E-state index is 0.114. The maximum atomic E-state index is 13.1. The van der Waals surface area contributed by atoms with Gasteiger partial charge in [-0.15, -0.1) is 0 Å². The van der Waals surface area contributed by atoms with Crippen molar-refractivity contribution in [3.63, 3.8) is 0 Å². The average Bonchev–Trinajstić information content (AvgIpc) is 3.28. The van der Waals surface area contributed by atoms with Gasteiger partial charge in [-0.2, -0.15) is 0 Å². The number of aryl methyl sites for hydroxylation is 1. The van der Waals surface area contributed by atoms with E-state index in [0.29, 0.717) is 12.0 Å². The third-order valence-electron chi connectivity index (χ3n) is 5.55. The number of likely N-dealkylation sites (N-methyl/N-ethyl adjacent to an activating group) is 1. The molecule has 0 radical (unpaired) electrons. The van der Waals surface area contributed by atoms with Crippen molar-refractivity contribution in [1.29, 1.82) is 0 Å². The van der Waals surface area contributed by atoms with Gasteiger partial charge in [0.05, 0.1) is 0 Å². The van der Waals surface area contributed by atoms with Crippen LogP contribution in [0.2, 0.25) is 0 Å². The number of benzene rings is 2. The Labute approximate surface area is 154 Å². The Morgan fingerprint density at radius 1 is 1.08 bits per heavy atom. The molecule has 1 amide bonds. The van der Waals surface area contributed by atoms with Crippen LogP contribution >= 0.6 is 0 Å². The van der Waals surface area contributed by atoms with Crippen LogP contribution < -0.4 is 0 Å². The lowest BCUT2D eigenvalue weighted by atomic mass is 9.93. The topological polar surface area (TPSA) is 39.3 Å². The second-order valence-corrected chi connectivity index (χ2v) is 7.54. The van der Waals surface area contributed by atoms with E-state index in [4.69, 9.17) is 0 Å². The number of fused-ring (bicyclic) bond motifs is 1. The lowest BCUT2D eigenvalue weighted by molar-refractivity contribution is 0.0782. The number of aromatic amines is 1. The molecule has 0 bridgehead atoms. The maximum absolute atomic E-state index is 13.1. The molecule has 2 aromatic carbocycles. The Balaban J connectivity index is 1.60. The molecule has 1 aromatic heterocycles. The van der Waals surface area contributed by atoms with Gasteiger partial charge in [0.15, 0.2) is 0 Å². The molecule has 0 aliphatic carbocycles. The summed E-state index contributed by atoms with van der Waals surface area (Å²) in [5.41, 5.74) is 4.33. The van der Waals surface area contributed by atoms with Gasteiger partial charge in [0.1, 0.15) is 0 Å². The highest BCUT2D eigenvalue weighted by Crippen LogP contribution is 2.31. The fraction of sp³-hybridized carbons (Fsp3) is 0.318. The fourth-order valence-corrected chi connectivity index (χ4v) is 3.98. The van der Waals surface area contributed by atoms with E-state index in [1.54, 1.807) is 0 Å². The Morgan fingerprint density at radius 3 is 2.58 bits per heavy atom. The van der Waals surface area contributed by atoms with Crippen molar-refractivity contribution in [2.75, 3.05) is 27.2 Å². The number of likely N-dealkylation sites (tertiary alicyclic amines) is 1. The average molecular weight is 347 g/mol. The number of hydrogen-bond donors (Lipinski definition) is 1. The number of carbonyl (C=O) groups excluding carboxylic acids is 1. The lowest BCUT2D eigenvalue weighted by Crippen LogP contribution is -2.35. The summed E-state index contributed by atoms with van der Waals surface area (Å²) in [6.07, 6.45) is 1.91. The van der Waals surface area contributed by atoms with Crippen molar-refractivity contribution in [3.8, 4) is 0 Å². The van der Waals surface area contributed by atoms with E-state index in [0.717, 1.165) is 29.6 Å². The highest BCUT2D eigenvalue weighted by molar-refractivity contribution is 5.98. The molecule has 2 atom stereocenters. The van der Waals surface area contributed by atoms with Crippen LogP contribution in [0.5, 0.6) is 0 Å². The fourth-order valence-electron chi connectivity index (χ4n) is 3.98. The molecule has 1 aliphatic heterocycles. The Kier molecular flexibility index (Phi) is 4.29. The summed E-state index contributed by atoms with van der Waals surface area (Å²) in [6, 6.07) is 17.0. The van der Waals surface area contributed by atoms with Crippen molar-refractivity contribution in [1.82, 2.24) is 14.8 Å². The van der Waals surface area contributed by atoms with Crippen LogP contribution in [-0.2, 0) is 0 Å². The summed E-state index contributed by atoms with van der Waals surface area (Å²) in [6.45, 7) is 3.62. The van der Waals surface area contributed by atoms with Gasteiger partial charge in [-0.3, -0.25) is 4.79 Å². The van der Waals surface area contributed by atoms with Crippen molar-refractivity contribution in [2.24, 2.45) is 0 Å². The number of aromatic nitrogens is 1. The third-order valence-corrected chi connectivity index (χ3v) is 5.55. The number of carbonyl (C=O) groups is 1. The molecule has 0 saturated carbocycles. The second-order valence-electron chi connectivity index (χ2n) is 7.54. The van der Waals surface area contributed by atoms with Crippen molar-refractivity contribution in [2.45, 2.75) is 18.9 Å². The first-order chi connectivity index (χ1) is 12.5. The minimum absolute atomic E-state index is 0.114. The van der Waals surface area contributed by atoms with E-state index in [2.05, 4.69) is 55.2 Å². The number of rotatable bonds is 3. The summed E-state index contributed by atoms with van der Waals surface area (Å²) in [4.78, 5) is 20.5. The molecule has 1 saturated heterocycles. The largest absolute Gasteiger partial charge is 0.361 e. The predicted octanol–water partition coefficient (Wildman–Crippen LogP) is 3.65. The standard InChI is InChI=1S/C22H25N3O/c1-15-4-6-16(7-5-15)19-13-25(14-21(19)24(2)3)22(26)18-9-8-17-10-11-23-20(17)12-18/h4-12,19,21,23H,13-14H2,1-3H3/t19-,21+/m1/s1. The Bertz CT molecular complexity index is 926. The van der Waals surface area contributed by atoms with Gasteiger partial charge in [0.2, 0.25) is 0 Å². The number of H-pyrrole nitrogens is 1. The summed E-state index contributed by atoms with van der Waals surface area (Å²) in [7, 11) is 4.20. The molecule has 4 heteroatoms. The lowest BCUT2D eigenvalue weighted by Gasteiger charge is -2.25. The smallest absolute Gasteiger partial charge is 0.254 e. The maximum Gasteiger partial charge on any atom is 0.254 e. The van der Waals surface area contributed by atoms with Gasteiger partial charge in [-0.25, -0.2) is 0 Å². The summed E-state index contributed by atoms with van der Waals surface area (Å²) in [5, 5.41) is 1.13. The van der Waals surface area contributed by atoms with E-state index in [-0.39, 0.29) is 5.91 Å². The zero-order valence-corrected chi connectivity index (χ0v) is 15.6. The van der Waals surface area contributed by atoms with Gasteiger partial charge in [0.25, 0.3) is 5.91 Å². The van der Waals surface area contributed by atoms with Crippen LogP contribution in [-0.4, -0.2) is 53.9 Å². The number of nitrogens with one attached hydrogen (secondary N) is 1. The molecule has 0 unspecified atom stereocenters. The van der Waals surface area contributed by atoms with Crippen LogP contribution in [0.25, 0.3) is 10.9 Å². The van der Waals surface area contributed by atoms with Crippen LogP contribution in [0.15, 0.2) is 54.7 Å². The van der Waals surface area contributed by atoms with Crippen molar-refractivity contribution < 1.29 is 4.79 Å². The van der Waals surface area contributed by atoms with Gasteiger partial charge >= 0.3 is 0 Å². The molecular weight excluding hydrogens is 322 g/mol. The molecule has 0 spiro atoms. The molecule has 4 rings (SSSR count). The molecule has 1 fully saturated rings. The van der Waals surface area contributed by atoms with E-state index < -0.39 is 0 Å². The van der Waals surface area contributed by atoms with Gasteiger partial charge in [0, 0.05) is 42.3 Å². The van der Waals surface area contributed by atoms with Crippen LogP contribution in [0, 0.1) is 6.92 Å². The Morgan fingerprint density at radius 2 is 1.85 bits per heavy atom. The van der Waals surface area contributed by atoms with E-state index in [1.165, 1.54) is 11.1 Å². The number of hydrogen-bond acceptors (Lipinski definition) is 2. The third kappa shape index (κ3) is 3.01. The van der Waals surface area contributed by atoms with Crippen molar-refractivity contribution in [3.05, 3.63) is 71.4 Å². The molecule has 4 nitrogen and oxygen atoms in total. The second kappa shape index (κ2) is 6.61. The summed E-state index contributed by atoms with van der Waals surface area (Å²) in [5.74, 6) is 0.451. The first kappa shape index (κ1) is 16.9. The first-order valence-electron chi connectivity index (χ1n) is 9.12. The van der Waals surface area contributed by atoms with E-state index >= 15 is 0 Å². The minimum Gasteiger partial charge on any atom is -0.361 e. The molecule has 1 N–H and O–H groups in total. The van der Waals surface area contributed by atoms with Crippen LogP contribution in [0.4, 0.5) is 0 Å². The quantitative estimate of drug-likeness (QED) is 0.786. The van der Waals surface area contributed by atoms with Crippen LogP contribution in [0.1, 0.15) is 27.4 Å². The molecule has 3 aromatic rings. The van der Waals surface area contributed by atoms with E-state index in [9.17, 15) is 4.79 Å². The SMILES string of the molecule is Cc1ccc([C@H]2CN(C(=O)c3ccc4cc[nH]c4c3)C[C@@H]2N(C)C)cc1. The molecule has 134 valence electrons. The highest BCUT2D eigenvalue weighted by Gasteiger charge is 2.37. The van der Waals surface area contributed by atoms with E-state index in [1.807, 2.05) is 35.4 Å². The van der Waals surface area contributed by atoms with Crippen molar-refractivity contribution >= 4 is 16.8 Å². The van der Waals surface area contributed by atoms with Gasteiger partial charge in [-0.1, -0.05) is 35.9 Å². The highest BCUT2D eigenvalue weighted by atomic mass is 16.2. The summed E-state index contributed by atoms with van der Waals surface area (Å²) < 4.78 is 0. The molecule has 2 heterocycles.